The number of rotatable bonds is 14. The molecule has 0 fully saturated rings. The van der Waals surface area contributed by atoms with Crippen LogP contribution in [-0.2, 0) is 23.7 Å². The van der Waals surface area contributed by atoms with E-state index in [1.165, 1.54) is 0 Å². The molecule has 0 saturated carbocycles. The fourth-order valence-corrected chi connectivity index (χ4v) is 1.37. The second-order valence-corrected chi connectivity index (χ2v) is 5.32. The Labute approximate surface area is 128 Å². The van der Waals surface area contributed by atoms with Crippen molar-refractivity contribution in [3.05, 3.63) is 12.2 Å². The minimum atomic E-state index is -0.380. The molecule has 0 aliphatic carbocycles. The smallest absolute Gasteiger partial charge is 0.333 e. The van der Waals surface area contributed by atoms with Crippen LogP contribution in [0.5, 0.6) is 0 Å². The third kappa shape index (κ3) is 15.3. The summed E-state index contributed by atoms with van der Waals surface area (Å²) in [6.45, 7) is 13.4. The zero-order valence-corrected chi connectivity index (χ0v) is 13.7. The van der Waals surface area contributed by atoms with Gasteiger partial charge in [-0.25, -0.2) is 4.79 Å². The van der Waals surface area contributed by atoms with Gasteiger partial charge in [0.15, 0.2) is 0 Å². The van der Waals surface area contributed by atoms with Crippen LogP contribution in [-0.4, -0.2) is 52.2 Å². The molecule has 0 N–H and O–H groups in total. The lowest BCUT2D eigenvalue weighted by Crippen LogP contribution is -2.13. The van der Waals surface area contributed by atoms with Gasteiger partial charge in [0.25, 0.3) is 0 Å². The lowest BCUT2D eigenvalue weighted by atomic mass is 10.2. The molecule has 0 spiro atoms. The SMILES string of the molecule is C=C(C)C(=O)OCCOCCOCCCCOCC(C)C. The highest BCUT2D eigenvalue weighted by Crippen LogP contribution is 1.96. The van der Waals surface area contributed by atoms with Crippen LogP contribution in [0.1, 0.15) is 33.6 Å². The van der Waals surface area contributed by atoms with Gasteiger partial charge < -0.3 is 18.9 Å². The predicted octanol–water partition coefficient (Wildman–Crippen LogP) is 2.59. The van der Waals surface area contributed by atoms with Crippen molar-refractivity contribution >= 4 is 5.97 Å². The molecule has 0 amide bonds. The van der Waals surface area contributed by atoms with Gasteiger partial charge in [-0.3, -0.25) is 0 Å². The molecule has 0 aliphatic heterocycles. The van der Waals surface area contributed by atoms with Crippen LogP contribution in [0.15, 0.2) is 12.2 Å². The first-order chi connectivity index (χ1) is 10.0. The molecule has 0 bridgehead atoms. The standard InChI is InChI=1S/C16H30O5/c1-14(2)13-20-8-6-5-7-18-9-10-19-11-12-21-16(17)15(3)4/h14H,3,5-13H2,1-2,4H3. The Hall–Kier alpha value is -0.910. The molecule has 124 valence electrons. The lowest BCUT2D eigenvalue weighted by Gasteiger charge is -2.08. The minimum Gasteiger partial charge on any atom is -0.460 e. The molecule has 5 heteroatoms. The highest BCUT2D eigenvalue weighted by Gasteiger charge is 2.01. The van der Waals surface area contributed by atoms with E-state index in [9.17, 15) is 4.79 Å². The van der Waals surface area contributed by atoms with Gasteiger partial charge in [0, 0.05) is 25.4 Å². The Morgan fingerprint density at radius 3 is 2.00 bits per heavy atom. The van der Waals surface area contributed by atoms with Crippen molar-refractivity contribution < 1.29 is 23.7 Å². The van der Waals surface area contributed by atoms with Crippen LogP contribution in [0.2, 0.25) is 0 Å². The van der Waals surface area contributed by atoms with Crippen LogP contribution in [0.3, 0.4) is 0 Å². The summed E-state index contributed by atoms with van der Waals surface area (Å²) in [5, 5.41) is 0. The van der Waals surface area contributed by atoms with Crippen LogP contribution < -0.4 is 0 Å². The van der Waals surface area contributed by atoms with Gasteiger partial charge in [-0.05, 0) is 25.7 Å². The Balaban J connectivity index is 3.09. The maximum Gasteiger partial charge on any atom is 0.333 e. The molecule has 21 heavy (non-hydrogen) atoms. The van der Waals surface area contributed by atoms with Gasteiger partial charge in [0.1, 0.15) is 6.61 Å². The number of carbonyl (C=O) groups excluding carboxylic acids is 1. The van der Waals surface area contributed by atoms with Crippen LogP contribution >= 0.6 is 0 Å². The molecular weight excluding hydrogens is 272 g/mol. The van der Waals surface area contributed by atoms with Crippen molar-refractivity contribution in [1.29, 1.82) is 0 Å². The van der Waals surface area contributed by atoms with Gasteiger partial charge in [-0.15, -0.1) is 0 Å². The molecule has 0 aromatic carbocycles. The summed E-state index contributed by atoms with van der Waals surface area (Å²) >= 11 is 0. The average molecular weight is 302 g/mol. The third-order valence-corrected chi connectivity index (χ3v) is 2.46. The molecule has 0 aliphatic rings. The molecular formula is C16H30O5. The number of hydrogen-bond donors (Lipinski definition) is 0. The average Bonchev–Trinajstić information content (AvgIpc) is 2.43. The lowest BCUT2D eigenvalue weighted by molar-refractivity contribution is -0.140. The minimum absolute atomic E-state index is 0.249. The molecule has 0 unspecified atom stereocenters. The predicted molar refractivity (Wildman–Crippen MR) is 82.3 cm³/mol. The highest BCUT2D eigenvalue weighted by atomic mass is 16.6. The summed E-state index contributed by atoms with van der Waals surface area (Å²) in [5.74, 6) is 0.211. The first-order valence-electron chi connectivity index (χ1n) is 7.60. The van der Waals surface area contributed by atoms with E-state index in [2.05, 4.69) is 20.4 Å². The maximum atomic E-state index is 11.0. The van der Waals surface area contributed by atoms with Crippen molar-refractivity contribution in [2.24, 2.45) is 5.92 Å². The summed E-state index contributed by atoms with van der Waals surface area (Å²) in [6, 6.07) is 0. The first kappa shape index (κ1) is 20.1. The molecule has 5 nitrogen and oxygen atoms in total. The summed E-state index contributed by atoms with van der Waals surface area (Å²) < 4.78 is 21.1. The third-order valence-electron chi connectivity index (χ3n) is 2.46. The summed E-state index contributed by atoms with van der Waals surface area (Å²) in [4.78, 5) is 11.0. The summed E-state index contributed by atoms with van der Waals surface area (Å²) in [5.41, 5.74) is 0.399. The van der Waals surface area contributed by atoms with E-state index < -0.39 is 0 Å². The van der Waals surface area contributed by atoms with Gasteiger partial charge in [-0.1, -0.05) is 20.4 Å². The van der Waals surface area contributed by atoms with Crippen LogP contribution in [0.25, 0.3) is 0 Å². The summed E-state index contributed by atoms with van der Waals surface area (Å²) in [6.07, 6.45) is 2.01. The fourth-order valence-electron chi connectivity index (χ4n) is 1.37. The van der Waals surface area contributed by atoms with Crippen LogP contribution in [0, 0.1) is 5.92 Å². The van der Waals surface area contributed by atoms with E-state index in [-0.39, 0.29) is 12.6 Å². The molecule has 0 aromatic rings. The molecule has 0 aromatic heterocycles. The summed E-state index contributed by atoms with van der Waals surface area (Å²) in [7, 11) is 0. The number of ether oxygens (including phenoxy) is 4. The second-order valence-electron chi connectivity index (χ2n) is 5.32. The van der Waals surface area contributed by atoms with Crippen molar-refractivity contribution in [3.8, 4) is 0 Å². The Morgan fingerprint density at radius 2 is 1.43 bits per heavy atom. The van der Waals surface area contributed by atoms with Gasteiger partial charge >= 0.3 is 5.97 Å². The first-order valence-corrected chi connectivity index (χ1v) is 7.60. The number of hydrogen-bond acceptors (Lipinski definition) is 5. The van der Waals surface area contributed by atoms with E-state index in [1.807, 2.05) is 0 Å². The largest absolute Gasteiger partial charge is 0.460 e. The molecule has 0 atom stereocenters. The number of carbonyl (C=O) groups is 1. The van der Waals surface area contributed by atoms with Crippen LogP contribution in [0.4, 0.5) is 0 Å². The van der Waals surface area contributed by atoms with Gasteiger partial charge in [-0.2, -0.15) is 0 Å². The Kier molecular flexibility index (Phi) is 13.4. The van der Waals surface area contributed by atoms with E-state index in [4.69, 9.17) is 18.9 Å². The van der Waals surface area contributed by atoms with E-state index in [0.29, 0.717) is 31.3 Å². The zero-order chi connectivity index (χ0) is 15.9. The zero-order valence-electron chi connectivity index (χ0n) is 13.7. The number of esters is 1. The molecule has 0 radical (unpaired) electrons. The molecule has 0 rings (SSSR count). The fraction of sp³-hybridized carbons (Fsp3) is 0.812. The van der Waals surface area contributed by atoms with Crippen molar-refractivity contribution in [1.82, 2.24) is 0 Å². The van der Waals surface area contributed by atoms with Crippen molar-refractivity contribution in [3.63, 3.8) is 0 Å². The Bertz CT molecular complexity index is 276. The molecule has 0 saturated heterocycles. The monoisotopic (exact) mass is 302 g/mol. The normalized spacial score (nSPS) is 10.9. The van der Waals surface area contributed by atoms with Crippen molar-refractivity contribution in [2.45, 2.75) is 33.6 Å². The molecule has 0 heterocycles. The maximum absolute atomic E-state index is 11.0. The van der Waals surface area contributed by atoms with Crippen molar-refractivity contribution in [2.75, 3.05) is 46.2 Å². The second kappa shape index (κ2) is 14.0. The van der Waals surface area contributed by atoms with E-state index in [0.717, 1.165) is 32.7 Å². The van der Waals surface area contributed by atoms with E-state index >= 15 is 0 Å². The van der Waals surface area contributed by atoms with Gasteiger partial charge in [0.2, 0.25) is 0 Å². The quantitative estimate of drug-likeness (QED) is 0.280. The van der Waals surface area contributed by atoms with E-state index in [1.54, 1.807) is 6.92 Å². The number of unbranched alkanes of at least 4 members (excludes halogenated alkanes) is 1. The Morgan fingerprint density at radius 1 is 0.905 bits per heavy atom. The van der Waals surface area contributed by atoms with Gasteiger partial charge in [0.05, 0.1) is 19.8 Å². The topological polar surface area (TPSA) is 54.0 Å². The highest BCUT2D eigenvalue weighted by molar-refractivity contribution is 5.86.